The molecule has 5 heteroatoms. The molecule has 0 saturated heterocycles. The molecule has 1 amide bonds. The van der Waals surface area contributed by atoms with E-state index >= 15 is 0 Å². The van der Waals surface area contributed by atoms with Crippen LogP contribution in [0.25, 0.3) is 0 Å². The molecule has 0 aliphatic heterocycles. The molecular weight excluding hydrogens is 261 g/mol. The lowest BCUT2D eigenvalue weighted by Crippen LogP contribution is -2.13. The second-order valence-corrected chi connectivity index (χ2v) is 4.63. The quantitative estimate of drug-likeness (QED) is 0.708. The summed E-state index contributed by atoms with van der Waals surface area (Å²) in [6, 6.07) is 6.87. The number of nitrogens with one attached hydrogen (secondary N) is 1. The van der Waals surface area contributed by atoms with Crippen molar-refractivity contribution >= 4 is 11.6 Å². The molecule has 0 radical (unpaired) electrons. The van der Waals surface area contributed by atoms with Crippen molar-refractivity contribution in [1.29, 1.82) is 0 Å². The van der Waals surface area contributed by atoms with Crippen LogP contribution in [0.5, 0.6) is 5.75 Å². The first-order chi connectivity index (χ1) is 9.61. The van der Waals surface area contributed by atoms with Gasteiger partial charge in [0.15, 0.2) is 0 Å². The molecular formula is C15H22FNO3. The molecule has 1 N–H and O–H groups in total. The Bertz CT molecular complexity index is 393. The maximum atomic E-state index is 11.9. The lowest BCUT2D eigenvalue weighted by atomic mass is 10.2. The zero-order chi connectivity index (χ0) is 14.8. The summed E-state index contributed by atoms with van der Waals surface area (Å²) in [4.78, 5) is 11.7. The Morgan fingerprint density at radius 2 is 1.95 bits per heavy atom. The molecule has 1 aromatic carbocycles. The van der Waals surface area contributed by atoms with Gasteiger partial charge in [0, 0.05) is 18.7 Å². The van der Waals surface area contributed by atoms with Crippen LogP contribution in [0.15, 0.2) is 24.3 Å². The van der Waals surface area contributed by atoms with Crippen molar-refractivity contribution in [3.8, 4) is 5.75 Å². The van der Waals surface area contributed by atoms with Crippen LogP contribution in [0.2, 0.25) is 0 Å². The standard InChI is InChI=1S/C15H22FNO3/c1-12(2)19-10-3-4-15(18)17-13-5-7-14(8-6-13)20-11-9-16/h5-8,12H,3-4,9-11H2,1-2H3,(H,17,18). The lowest BCUT2D eigenvalue weighted by molar-refractivity contribution is -0.116. The van der Waals surface area contributed by atoms with Crippen LogP contribution in [0.3, 0.4) is 0 Å². The molecule has 1 rings (SSSR count). The van der Waals surface area contributed by atoms with Crippen LogP contribution in [-0.2, 0) is 9.53 Å². The van der Waals surface area contributed by atoms with Crippen molar-refractivity contribution < 1.29 is 18.7 Å². The SMILES string of the molecule is CC(C)OCCCC(=O)Nc1ccc(OCCF)cc1. The van der Waals surface area contributed by atoms with E-state index in [0.717, 1.165) is 0 Å². The highest BCUT2D eigenvalue weighted by Gasteiger charge is 2.03. The molecule has 0 fully saturated rings. The van der Waals surface area contributed by atoms with Crippen LogP contribution >= 0.6 is 0 Å². The van der Waals surface area contributed by atoms with Gasteiger partial charge in [0.25, 0.3) is 0 Å². The monoisotopic (exact) mass is 283 g/mol. The Morgan fingerprint density at radius 3 is 2.55 bits per heavy atom. The number of alkyl halides is 1. The van der Waals surface area contributed by atoms with E-state index in [4.69, 9.17) is 9.47 Å². The van der Waals surface area contributed by atoms with Crippen LogP contribution in [0.1, 0.15) is 26.7 Å². The Kier molecular flexibility index (Phi) is 7.65. The zero-order valence-electron chi connectivity index (χ0n) is 12.0. The van der Waals surface area contributed by atoms with E-state index in [0.29, 0.717) is 30.9 Å². The fourth-order valence-electron chi connectivity index (χ4n) is 1.57. The predicted molar refractivity (Wildman–Crippen MR) is 76.9 cm³/mol. The number of hydrogen-bond acceptors (Lipinski definition) is 3. The van der Waals surface area contributed by atoms with Gasteiger partial charge < -0.3 is 14.8 Å². The van der Waals surface area contributed by atoms with Gasteiger partial charge in [-0.05, 0) is 44.5 Å². The van der Waals surface area contributed by atoms with Gasteiger partial charge in [0.05, 0.1) is 6.10 Å². The highest BCUT2D eigenvalue weighted by atomic mass is 19.1. The third kappa shape index (κ3) is 7.09. The predicted octanol–water partition coefficient (Wildman–Crippen LogP) is 3.18. The lowest BCUT2D eigenvalue weighted by Gasteiger charge is -2.08. The largest absolute Gasteiger partial charge is 0.491 e. The summed E-state index contributed by atoms with van der Waals surface area (Å²) in [5.41, 5.74) is 0.701. The van der Waals surface area contributed by atoms with Gasteiger partial charge in [0.1, 0.15) is 19.0 Å². The van der Waals surface area contributed by atoms with Crippen molar-refractivity contribution in [2.75, 3.05) is 25.2 Å². The molecule has 1 aromatic rings. The van der Waals surface area contributed by atoms with Crippen molar-refractivity contribution in [2.45, 2.75) is 32.8 Å². The number of rotatable bonds is 9. The van der Waals surface area contributed by atoms with Crippen molar-refractivity contribution in [3.05, 3.63) is 24.3 Å². The normalized spacial score (nSPS) is 10.6. The first kappa shape index (κ1) is 16.4. The highest BCUT2D eigenvalue weighted by Crippen LogP contribution is 2.16. The van der Waals surface area contributed by atoms with Gasteiger partial charge in [-0.15, -0.1) is 0 Å². The van der Waals surface area contributed by atoms with Gasteiger partial charge in [-0.2, -0.15) is 0 Å². The number of amides is 1. The average molecular weight is 283 g/mol. The van der Waals surface area contributed by atoms with E-state index in [-0.39, 0.29) is 18.6 Å². The van der Waals surface area contributed by atoms with Crippen LogP contribution in [0, 0.1) is 0 Å². The maximum Gasteiger partial charge on any atom is 0.224 e. The van der Waals surface area contributed by atoms with Gasteiger partial charge in [-0.1, -0.05) is 0 Å². The highest BCUT2D eigenvalue weighted by molar-refractivity contribution is 5.90. The van der Waals surface area contributed by atoms with Crippen molar-refractivity contribution in [2.24, 2.45) is 0 Å². The zero-order valence-corrected chi connectivity index (χ0v) is 12.0. The van der Waals surface area contributed by atoms with E-state index in [1.807, 2.05) is 13.8 Å². The number of hydrogen-bond donors (Lipinski definition) is 1. The summed E-state index contributed by atoms with van der Waals surface area (Å²) in [5.74, 6) is 0.542. The third-order valence-corrected chi connectivity index (χ3v) is 2.48. The molecule has 0 aliphatic carbocycles. The summed E-state index contributed by atoms with van der Waals surface area (Å²) < 4.78 is 22.4. The average Bonchev–Trinajstić information content (AvgIpc) is 2.43. The second-order valence-electron chi connectivity index (χ2n) is 4.63. The van der Waals surface area contributed by atoms with Crippen LogP contribution in [0.4, 0.5) is 10.1 Å². The maximum absolute atomic E-state index is 11.9. The minimum Gasteiger partial charge on any atom is -0.491 e. The summed E-state index contributed by atoms with van der Waals surface area (Å²) in [6.45, 7) is 4.04. The minimum absolute atomic E-state index is 0.0432. The van der Waals surface area contributed by atoms with E-state index in [1.54, 1.807) is 24.3 Å². The summed E-state index contributed by atoms with van der Waals surface area (Å²) >= 11 is 0. The number of carbonyl (C=O) groups excluding carboxylic acids is 1. The number of benzene rings is 1. The number of anilines is 1. The van der Waals surface area contributed by atoms with E-state index < -0.39 is 6.67 Å². The van der Waals surface area contributed by atoms with Gasteiger partial charge in [-0.25, -0.2) is 4.39 Å². The van der Waals surface area contributed by atoms with Gasteiger partial charge >= 0.3 is 0 Å². The van der Waals surface area contributed by atoms with Crippen LogP contribution < -0.4 is 10.1 Å². The number of halogens is 1. The Morgan fingerprint density at radius 1 is 1.25 bits per heavy atom. The third-order valence-electron chi connectivity index (χ3n) is 2.48. The fraction of sp³-hybridized carbons (Fsp3) is 0.533. The first-order valence-corrected chi connectivity index (χ1v) is 6.82. The first-order valence-electron chi connectivity index (χ1n) is 6.82. The smallest absolute Gasteiger partial charge is 0.224 e. The summed E-state index contributed by atoms with van der Waals surface area (Å²) in [5, 5.41) is 2.79. The van der Waals surface area contributed by atoms with Crippen LogP contribution in [-0.4, -0.2) is 31.9 Å². The molecule has 112 valence electrons. The second kappa shape index (κ2) is 9.31. The van der Waals surface area contributed by atoms with E-state index in [2.05, 4.69) is 5.32 Å². The molecule has 0 atom stereocenters. The molecule has 0 aromatic heterocycles. The minimum atomic E-state index is -0.517. The van der Waals surface area contributed by atoms with Gasteiger partial charge in [0.2, 0.25) is 5.91 Å². The summed E-state index contributed by atoms with van der Waals surface area (Å²) in [6.07, 6.45) is 1.31. The number of carbonyl (C=O) groups is 1. The summed E-state index contributed by atoms with van der Waals surface area (Å²) in [7, 11) is 0. The number of ether oxygens (including phenoxy) is 2. The molecule has 0 aliphatic rings. The molecule has 4 nitrogen and oxygen atoms in total. The Balaban J connectivity index is 2.27. The molecule has 0 heterocycles. The molecule has 0 saturated carbocycles. The molecule has 0 unspecified atom stereocenters. The molecule has 0 bridgehead atoms. The topological polar surface area (TPSA) is 47.6 Å². The Labute approximate surface area is 119 Å². The van der Waals surface area contributed by atoms with E-state index in [9.17, 15) is 9.18 Å². The van der Waals surface area contributed by atoms with Crippen molar-refractivity contribution in [3.63, 3.8) is 0 Å². The Hall–Kier alpha value is -1.62. The molecule has 20 heavy (non-hydrogen) atoms. The van der Waals surface area contributed by atoms with Crippen molar-refractivity contribution in [1.82, 2.24) is 0 Å². The van der Waals surface area contributed by atoms with E-state index in [1.165, 1.54) is 0 Å². The molecule has 0 spiro atoms. The van der Waals surface area contributed by atoms with Gasteiger partial charge in [-0.3, -0.25) is 4.79 Å². The fourth-order valence-corrected chi connectivity index (χ4v) is 1.57.